The molecule has 0 unspecified atom stereocenters. The lowest BCUT2D eigenvalue weighted by Gasteiger charge is -2.36. The van der Waals surface area contributed by atoms with E-state index in [1.54, 1.807) is 48.5 Å². The largest absolute Gasteiger partial charge is 0.497 e. The molecular weight excluding hydrogens is 509 g/mol. The molecule has 1 aliphatic rings. The molecule has 1 heterocycles. The highest BCUT2D eigenvalue weighted by atomic mass is 19.3. The number of hydrogen-bond donors (Lipinski definition) is 2. The lowest BCUT2D eigenvalue weighted by atomic mass is 9.94. The first kappa shape index (κ1) is 27.1. The van der Waals surface area contributed by atoms with Crippen LogP contribution in [0, 0.1) is 23.4 Å². The van der Waals surface area contributed by atoms with E-state index in [9.17, 15) is 31.5 Å². The van der Waals surface area contributed by atoms with Crippen molar-refractivity contribution < 1.29 is 36.3 Å². The fourth-order valence-corrected chi connectivity index (χ4v) is 4.22. The highest BCUT2D eigenvalue weighted by Gasteiger charge is 2.44. The molecule has 38 heavy (non-hydrogen) atoms. The molecule has 11 heteroatoms. The molecule has 4 rings (SSSR count). The number of rotatable bonds is 7. The second-order valence-corrected chi connectivity index (χ2v) is 8.74. The first-order valence-corrected chi connectivity index (χ1v) is 11.7. The Morgan fingerprint density at radius 2 is 1.47 bits per heavy atom. The van der Waals surface area contributed by atoms with Gasteiger partial charge in [-0.15, -0.1) is 0 Å². The first-order valence-electron chi connectivity index (χ1n) is 11.7. The Kier molecular flexibility index (Phi) is 7.96. The van der Waals surface area contributed by atoms with Gasteiger partial charge < -0.3 is 15.4 Å². The van der Waals surface area contributed by atoms with Crippen molar-refractivity contribution in [2.24, 2.45) is 5.92 Å². The lowest BCUT2D eigenvalue weighted by Crippen LogP contribution is -2.46. The van der Waals surface area contributed by atoms with Crippen LogP contribution >= 0.6 is 0 Å². The molecule has 0 atom stereocenters. The number of anilines is 2. The van der Waals surface area contributed by atoms with Crippen LogP contribution < -0.4 is 15.4 Å². The highest BCUT2D eigenvalue weighted by molar-refractivity contribution is 6.07. The predicted molar refractivity (Wildman–Crippen MR) is 131 cm³/mol. The summed E-state index contributed by atoms with van der Waals surface area (Å²) in [4.78, 5) is 26.2. The Balaban J connectivity index is 1.39. The second kappa shape index (κ2) is 11.2. The molecule has 6 nitrogen and oxygen atoms in total. The Morgan fingerprint density at radius 1 is 0.868 bits per heavy atom. The number of amides is 2. The number of carbonyl (C=O) groups excluding carboxylic acids is 2. The molecule has 1 aliphatic heterocycles. The van der Waals surface area contributed by atoms with Crippen molar-refractivity contribution in [1.82, 2.24) is 4.90 Å². The van der Waals surface area contributed by atoms with Crippen LogP contribution in [0.15, 0.2) is 60.7 Å². The number of nitrogens with zero attached hydrogens (tertiary/aromatic N) is 1. The smallest absolute Gasteiger partial charge is 0.334 e. The SMILES string of the molecule is COc1ccc(C(=O)Nc2ccccc2NC(=O)C2CCN(C(F)(F)c3ccc(F)c(F)c3F)CC2)cc1. The summed E-state index contributed by atoms with van der Waals surface area (Å²) in [6.45, 7) is -0.557. The van der Waals surface area contributed by atoms with Crippen LogP contribution in [0.25, 0.3) is 0 Å². The molecule has 3 aromatic rings. The molecule has 1 fully saturated rings. The normalized spacial score (nSPS) is 14.7. The molecule has 0 aliphatic carbocycles. The van der Waals surface area contributed by atoms with Gasteiger partial charge in [0.25, 0.3) is 5.91 Å². The summed E-state index contributed by atoms with van der Waals surface area (Å²) in [5.41, 5.74) is -0.214. The van der Waals surface area contributed by atoms with Crippen molar-refractivity contribution >= 4 is 23.2 Å². The number of piperidine rings is 1. The number of nitrogens with one attached hydrogen (secondary N) is 2. The van der Waals surface area contributed by atoms with E-state index in [-0.39, 0.29) is 25.9 Å². The quantitative estimate of drug-likeness (QED) is 0.230. The highest BCUT2D eigenvalue weighted by Crippen LogP contribution is 2.38. The molecule has 0 spiro atoms. The van der Waals surface area contributed by atoms with Crippen LogP contribution in [0.4, 0.5) is 33.3 Å². The van der Waals surface area contributed by atoms with Gasteiger partial charge in [0.15, 0.2) is 17.5 Å². The third-order valence-corrected chi connectivity index (χ3v) is 6.41. The number of para-hydroxylation sites is 2. The summed E-state index contributed by atoms with van der Waals surface area (Å²) in [7, 11) is 1.51. The molecule has 200 valence electrons. The zero-order chi connectivity index (χ0) is 27.4. The maximum Gasteiger partial charge on any atom is 0.334 e. The van der Waals surface area contributed by atoms with E-state index < -0.39 is 46.8 Å². The summed E-state index contributed by atoms with van der Waals surface area (Å²) in [6, 6.07) is 10.1. The second-order valence-electron chi connectivity index (χ2n) is 8.74. The average molecular weight is 533 g/mol. The van der Waals surface area contributed by atoms with E-state index in [1.165, 1.54) is 7.11 Å². The number of alkyl halides is 2. The number of halogens is 5. The monoisotopic (exact) mass is 533 g/mol. The standard InChI is InChI=1S/C27H24F5N3O3/c1-38-18-8-6-16(7-9-18)25(36)33-21-4-2-3-5-22(21)34-26(37)17-12-14-35(15-13-17)27(31,32)19-10-11-20(28)24(30)23(19)29/h2-11,17H,12-15H2,1H3,(H,33,36)(H,34,37). The number of carbonyl (C=O) groups is 2. The number of ether oxygens (including phenoxy) is 1. The lowest BCUT2D eigenvalue weighted by molar-refractivity contribution is -0.169. The maximum atomic E-state index is 14.9. The van der Waals surface area contributed by atoms with E-state index in [2.05, 4.69) is 10.6 Å². The minimum absolute atomic E-state index is 0.0209. The van der Waals surface area contributed by atoms with Crippen molar-refractivity contribution in [3.8, 4) is 5.75 Å². The minimum atomic E-state index is -3.89. The number of benzene rings is 3. The molecular formula is C27H24F5N3O3. The molecule has 0 aromatic heterocycles. The summed E-state index contributed by atoms with van der Waals surface area (Å²) < 4.78 is 75.6. The number of hydrogen-bond acceptors (Lipinski definition) is 4. The topological polar surface area (TPSA) is 70.7 Å². The summed E-state index contributed by atoms with van der Waals surface area (Å²) in [5.74, 6) is -6.35. The van der Waals surface area contributed by atoms with Crippen LogP contribution in [0.3, 0.4) is 0 Å². The average Bonchev–Trinajstić information content (AvgIpc) is 2.92. The van der Waals surface area contributed by atoms with E-state index >= 15 is 0 Å². The summed E-state index contributed by atoms with van der Waals surface area (Å²) >= 11 is 0. The van der Waals surface area contributed by atoms with Crippen molar-refractivity contribution in [3.05, 3.63) is 89.2 Å². The fourth-order valence-electron chi connectivity index (χ4n) is 4.22. The third-order valence-electron chi connectivity index (χ3n) is 6.41. The maximum absolute atomic E-state index is 14.9. The molecule has 2 N–H and O–H groups in total. The fraction of sp³-hybridized carbons (Fsp3) is 0.259. The van der Waals surface area contributed by atoms with Crippen LogP contribution in [0.2, 0.25) is 0 Å². The molecule has 0 saturated carbocycles. The van der Waals surface area contributed by atoms with Crippen molar-refractivity contribution in [2.75, 3.05) is 30.8 Å². The van der Waals surface area contributed by atoms with Crippen LogP contribution in [-0.4, -0.2) is 36.9 Å². The van der Waals surface area contributed by atoms with Gasteiger partial charge in [0, 0.05) is 24.6 Å². The molecule has 3 aromatic carbocycles. The Hall–Kier alpha value is -3.99. The number of methoxy groups -OCH3 is 1. The Morgan fingerprint density at radius 3 is 2.08 bits per heavy atom. The number of likely N-dealkylation sites (tertiary alicyclic amines) is 1. The van der Waals surface area contributed by atoms with Gasteiger partial charge in [0.05, 0.1) is 24.0 Å². The van der Waals surface area contributed by atoms with Gasteiger partial charge >= 0.3 is 6.05 Å². The van der Waals surface area contributed by atoms with Gasteiger partial charge in [0.2, 0.25) is 5.91 Å². The van der Waals surface area contributed by atoms with Gasteiger partial charge in [-0.3, -0.25) is 9.59 Å². The Bertz CT molecular complexity index is 1330. The molecule has 2 amide bonds. The van der Waals surface area contributed by atoms with Gasteiger partial charge in [0.1, 0.15) is 5.75 Å². The summed E-state index contributed by atoms with van der Waals surface area (Å²) in [5, 5.41) is 5.47. The zero-order valence-corrected chi connectivity index (χ0v) is 20.2. The third kappa shape index (κ3) is 5.62. The predicted octanol–water partition coefficient (Wildman–Crippen LogP) is 5.76. The van der Waals surface area contributed by atoms with Gasteiger partial charge in [-0.2, -0.15) is 8.78 Å². The van der Waals surface area contributed by atoms with E-state index in [4.69, 9.17) is 4.74 Å². The van der Waals surface area contributed by atoms with Gasteiger partial charge in [-0.1, -0.05) is 12.1 Å². The van der Waals surface area contributed by atoms with E-state index in [0.717, 1.165) is 0 Å². The van der Waals surface area contributed by atoms with E-state index in [0.29, 0.717) is 39.7 Å². The van der Waals surface area contributed by atoms with E-state index in [1.807, 2.05) is 0 Å². The zero-order valence-electron chi connectivity index (χ0n) is 20.2. The van der Waals surface area contributed by atoms with Crippen molar-refractivity contribution in [3.63, 3.8) is 0 Å². The Labute approximate surface area is 215 Å². The molecule has 0 bridgehead atoms. The van der Waals surface area contributed by atoms with Crippen molar-refractivity contribution in [1.29, 1.82) is 0 Å². The van der Waals surface area contributed by atoms with Crippen LogP contribution in [-0.2, 0) is 10.8 Å². The van der Waals surface area contributed by atoms with Gasteiger partial charge in [-0.25, -0.2) is 18.1 Å². The van der Waals surface area contributed by atoms with Gasteiger partial charge in [-0.05, 0) is 61.4 Å². The first-order chi connectivity index (χ1) is 18.1. The van der Waals surface area contributed by atoms with Crippen LogP contribution in [0.1, 0.15) is 28.8 Å². The minimum Gasteiger partial charge on any atom is -0.497 e. The summed E-state index contributed by atoms with van der Waals surface area (Å²) in [6.07, 6.45) is 0.0419. The van der Waals surface area contributed by atoms with Crippen molar-refractivity contribution in [2.45, 2.75) is 18.9 Å². The van der Waals surface area contributed by atoms with Crippen LogP contribution in [0.5, 0.6) is 5.75 Å². The molecule has 1 saturated heterocycles. The molecule has 0 radical (unpaired) electrons.